The summed E-state index contributed by atoms with van der Waals surface area (Å²) in [5.41, 5.74) is 0.0521. The number of carbonyl (C=O) groups is 1. The topological polar surface area (TPSA) is 32.3 Å². The van der Waals surface area contributed by atoms with Crippen LogP contribution in [0.5, 0.6) is 0 Å². The number of thiophene rings is 1. The number of halogens is 2. The number of carbonyl (C=O) groups excluding carboxylic acids is 1. The quantitative estimate of drug-likeness (QED) is 0.742. The first kappa shape index (κ1) is 15.0. The second kappa shape index (κ2) is 6.07. The molecule has 1 N–H and O–H groups in total. The maximum absolute atomic E-state index is 12.9. The fraction of sp³-hybridized carbons (Fsp3) is 0.643. The van der Waals surface area contributed by atoms with E-state index < -0.39 is 0 Å². The molecule has 6 heteroatoms. The van der Waals surface area contributed by atoms with Crippen LogP contribution in [0.15, 0.2) is 14.3 Å². The Labute approximate surface area is 140 Å². The molecule has 3 rings (SSSR count). The van der Waals surface area contributed by atoms with Crippen molar-refractivity contribution in [2.75, 3.05) is 19.6 Å². The largest absolute Gasteiger partial charge is 0.330 e. The second-order valence-electron chi connectivity index (χ2n) is 5.65. The van der Waals surface area contributed by atoms with Gasteiger partial charge in [0, 0.05) is 24.1 Å². The molecule has 2 aliphatic rings. The van der Waals surface area contributed by atoms with E-state index in [0.717, 1.165) is 45.6 Å². The zero-order valence-corrected chi connectivity index (χ0v) is 15.2. The SMILES string of the molecule is O=C(c1cc(Br)c(Br)s1)N1CCNCC12CCCCC2. The Hall–Kier alpha value is 0.0900. The van der Waals surface area contributed by atoms with E-state index in [2.05, 4.69) is 42.1 Å². The van der Waals surface area contributed by atoms with E-state index in [1.165, 1.54) is 30.6 Å². The van der Waals surface area contributed by atoms with Crippen molar-refractivity contribution in [1.29, 1.82) is 0 Å². The summed E-state index contributed by atoms with van der Waals surface area (Å²) in [5.74, 6) is 0.199. The molecule has 0 radical (unpaired) electrons. The molecule has 1 amide bonds. The third kappa shape index (κ3) is 2.72. The van der Waals surface area contributed by atoms with Crippen molar-refractivity contribution in [1.82, 2.24) is 10.2 Å². The highest BCUT2D eigenvalue weighted by Gasteiger charge is 2.42. The molecule has 1 spiro atoms. The van der Waals surface area contributed by atoms with Gasteiger partial charge in [-0.25, -0.2) is 0 Å². The monoisotopic (exact) mass is 420 g/mol. The fourth-order valence-corrected chi connectivity index (χ4v) is 5.39. The normalized spacial score (nSPS) is 22.2. The number of nitrogens with one attached hydrogen (secondary N) is 1. The highest BCUT2D eigenvalue weighted by atomic mass is 79.9. The summed E-state index contributed by atoms with van der Waals surface area (Å²) in [7, 11) is 0. The number of amides is 1. The molecule has 0 unspecified atom stereocenters. The lowest BCUT2D eigenvalue weighted by Gasteiger charge is -2.49. The number of hydrogen-bond acceptors (Lipinski definition) is 3. The summed E-state index contributed by atoms with van der Waals surface area (Å²) >= 11 is 8.48. The van der Waals surface area contributed by atoms with Crippen LogP contribution in [0.2, 0.25) is 0 Å². The van der Waals surface area contributed by atoms with Gasteiger partial charge in [0.05, 0.1) is 14.2 Å². The van der Waals surface area contributed by atoms with Crippen LogP contribution in [0.4, 0.5) is 0 Å². The van der Waals surface area contributed by atoms with E-state index in [4.69, 9.17) is 0 Å². The van der Waals surface area contributed by atoms with Crippen LogP contribution in [-0.4, -0.2) is 36.0 Å². The van der Waals surface area contributed by atoms with Crippen molar-refractivity contribution >= 4 is 49.1 Å². The van der Waals surface area contributed by atoms with Crippen LogP contribution in [0.3, 0.4) is 0 Å². The van der Waals surface area contributed by atoms with Crippen molar-refractivity contribution < 1.29 is 4.79 Å². The minimum Gasteiger partial charge on any atom is -0.330 e. The summed E-state index contributed by atoms with van der Waals surface area (Å²) in [6.07, 6.45) is 6.06. The van der Waals surface area contributed by atoms with Gasteiger partial charge in [-0.1, -0.05) is 19.3 Å². The highest BCUT2D eigenvalue weighted by Crippen LogP contribution is 2.38. The molecule has 1 aliphatic carbocycles. The van der Waals surface area contributed by atoms with Gasteiger partial charge in [0.1, 0.15) is 0 Å². The van der Waals surface area contributed by atoms with Crippen molar-refractivity contribution in [3.8, 4) is 0 Å². The molecule has 0 aromatic carbocycles. The van der Waals surface area contributed by atoms with Crippen LogP contribution >= 0.6 is 43.2 Å². The molecule has 1 aromatic heterocycles. The summed E-state index contributed by atoms with van der Waals surface area (Å²) < 4.78 is 1.97. The first-order valence-electron chi connectivity index (χ1n) is 7.10. The predicted octanol–water partition coefficient (Wildman–Crippen LogP) is 4.02. The van der Waals surface area contributed by atoms with E-state index in [-0.39, 0.29) is 11.4 Å². The average molecular weight is 422 g/mol. The predicted molar refractivity (Wildman–Crippen MR) is 89.4 cm³/mol. The first-order chi connectivity index (χ1) is 9.62. The zero-order chi connectivity index (χ0) is 14.2. The van der Waals surface area contributed by atoms with Crippen LogP contribution in [-0.2, 0) is 0 Å². The highest BCUT2D eigenvalue weighted by molar-refractivity contribution is 9.13. The van der Waals surface area contributed by atoms with Gasteiger partial charge >= 0.3 is 0 Å². The van der Waals surface area contributed by atoms with Crippen LogP contribution in [0.25, 0.3) is 0 Å². The molecular weight excluding hydrogens is 404 g/mol. The van der Waals surface area contributed by atoms with E-state index >= 15 is 0 Å². The molecular formula is C14H18Br2N2OS. The molecule has 20 heavy (non-hydrogen) atoms. The van der Waals surface area contributed by atoms with Crippen molar-refractivity contribution in [2.45, 2.75) is 37.6 Å². The molecule has 2 heterocycles. The fourth-order valence-electron chi connectivity index (χ4n) is 3.40. The lowest BCUT2D eigenvalue weighted by Crippen LogP contribution is -2.63. The zero-order valence-electron chi connectivity index (χ0n) is 11.3. The average Bonchev–Trinajstić information content (AvgIpc) is 2.79. The van der Waals surface area contributed by atoms with E-state index in [1.807, 2.05) is 6.07 Å². The van der Waals surface area contributed by atoms with Gasteiger partial charge in [0.2, 0.25) is 0 Å². The number of nitrogens with zero attached hydrogens (tertiary/aromatic N) is 1. The number of rotatable bonds is 1. The molecule has 0 bridgehead atoms. The molecule has 110 valence electrons. The van der Waals surface area contributed by atoms with Gasteiger partial charge in [-0.2, -0.15) is 0 Å². The third-order valence-corrected chi connectivity index (χ3v) is 7.67. The summed E-state index contributed by atoms with van der Waals surface area (Å²) in [4.78, 5) is 15.9. The summed E-state index contributed by atoms with van der Waals surface area (Å²) in [5, 5.41) is 3.49. The standard InChI is InChI=1S/C14H18Br2N2OS/c15-10-8-11(20-12(10)16)13(19)18-7-6-17-9-14(18)4-2-1-3-5-14/h8,17H,1-7,9H2. The Balaban J connectivity index is 1.87. The maximum atomic E-state index is 12.9. The van der Waals surface area contributed by atoms with Gasteiger partial charge < -0.3 is 10.2 Å². The minimum absolute atomic E-state index is 0.0521. The van der Waals surface area contributed by atoms with Gasteiger partial charge in [0.15, 0.2) is 0 Å². The Morgan fingerprint density at radius 3 is 2.70 bits per heavy atom. The lowest BCUT2D eigenvalue weighted by atomic mass is 9.79. The number of hydrogen-bond donors (Lipinski definition) is 1. The van der Waals surface area contributed by atoms with E-state index in [0.29, 0.717) is 0 Å². The van der Waals surface area contributed by atoms with Crippen molar-refractivity contribution in [3.63, 3.8) is 0 Å². The van der Waals surface area contributed by atoms with Gasteiger partial charge in [-0.15, -0.1) is 11.3 Å². The van der Waals surface area contributed by atoms with Crippen molar-refractivity contribution in [2.24, 2.45) is 0 Å². The summed E-state index contributed by atoms with van der Waals surface area (Å²) in [6.45, 7) is 2.68. The smallest absolute Gasteiger partial charge is 0.264 e. The molecule has 1 aromatic rings. The molecule has 1 saturated carbocycles. The third-order valence-electron chi connectivity index (χ3n) is 4.42. The molecule has 1 saturated heterocycles. The number of piperazine rings is 1. The second-order valence-corrected chi connectivity index (χ2v) is 8.88. The molecule has 3 nitrogen and oxygen atoms in total. The van der Waals surface area contributed by atoms with Crippen molar-refractivity contribution in [3.05, 3.63) is 19.2 Å². The van der Waals surface area contributed by atoms with E-state index in [9.17, 15) is 4.79 Å². The van der Waals surface area contributed by atoms with Crippen LogP contribution in [0.1, 0.15) is 41.8 Å². The maximum Gasteiger partial charge on any atom is 0.264 e. The van der Waals surface area contributed by atoms with Gasteiger partial charge in [-0.05, 0) is 50.8 Å². The minimum atomic E-state index is 0.0521. The Kier molecular flexibility index (Phi) is 4.55. The van der Waals surface area contributed by atoms with E-state index in [1.54, 1.807) is 0 Å². The summed E-state index contributed by atoms with van der Waals surface area (Å²) in [6, 6.07) is 1.94. The van der Waals surface area contributed by atoms with Gasteiger partial charge in [0.25, 0.3) is 5.91 Å². The van der Waals surface area contributed by atoms with Crippen LogP contribution in [0, 0.1) is 0 Å². The molecule has 0 atom stereocenters. The Morgan fingerprint density at radius 1 is 1.30 bits per heavy atom. The molecule has 1 aliphatic heterocycles. The Morgan fingerprint density at radius 2 is 2.05 bits per heavy atom. The van der Waals surface area contributed by atoms with Gasteiger partial charge in [-0.3, -0.25) is 4.79 Å². The lowest BCUT2D eigenvalue weighted by molar-refractivity contribution is 0.0227. The van der Waals surface area contributed by atoms with Crippen LogP contribution < -0.4 is 5.32 Å². The Bertz CT molecular complexity index is 484. The molecule has 2 fully saturated rings. The first-order valence-corrected chi connectivity index (χ1v) is 9.50.